The van der Waals surface area contributed by atoms with Crippen LogP contribution in [0.5, 0.6) is 0 Å². The molecule has 0 aliphatic heterocycles. The molecule has 2 aromatic heterocycles. The molecule has 1 amide bonds. The van der Waals surface area contributed by atoms with Crippen LogP contribution in [0.4, 0.5) is 0 Å². The normalized spacial score (nSPS) is 21.4. The fourth-order valence-corrected chi connectivity index (χ4v) is 4.59. The van der Waals surface area contributed by atoms with Crippen LogP contribution in [0.3, 0.4) is 0 Å². The molecule has 2 aliphatic carbocycles. The number of amides is 1. The number of ether oxygens (including phenoxy) is 1. The Kier molecular flexibility index (Phi) is 6.03. The molecule has 2 N–H and O–H groups in total. The number of hydrogen-bond donors (Lipinski definition) is 2. The van der Waals surface area contributed by atoms with E-state index in [1.807, 2.05) is 30.3 Å². The predicted molar refractivity (Wildman–Crippen MR) is 120 cm³/mol. The van der Waals surface area contributed by atoms with Crippen LogP contribution in [0, 0.1) is 11.8 Å². The number of carbonyl (C=O) groups excluding carboxylic acids is 1. The Labute approximate surface area is 186 Å². The van der Waals surface area contributed by atoms with E-state index in [4.69, 9.17) is 4.74 Å². The zero-order valence-corrected chi connectivity index (χ0v) is 18.1. The molecule has 2 saturated carbocycles. The molecular formula is C24H29N5O3. The van der Waals surface area contributed by atoms with Crippen LogP contribution in [-0.4, -0.2) is 38.1 Å². The smallest absolute Gasteiger partial charge is 0.275 e. The van der Waals surface area contributed by atoms with E-state index in [2.05, 4.69) is 20.4 Å². The third-order valence-corrected chi connectivity index (χ3v) is 6.70. The molecule has 5 rings (SSSR count). The van der Waals surface area contributed by atoms with Crippen molar-refractivity contribution in [2.24, 2.45) is 11.8 Å². The Morgan fingerprint density at radius 3 is 2.72 bits per heavy atom. The maximum atomic E-state index is 12.8. The lowest BCUT2D eigenvalue weighted by Crippen LogP contribution is -2.43. The highest BCUT2D eigenvalue weighted by Gasteiger charge is 2.32. The molecule has 2 unspecified atom stereocenters. The van der Waals surface area contributed by atoms with E-state index >= 15 is 0 Å². The third kappa shape index (κ3) is 4.46. The van der Waals surface area contributed by atoms with E-state index in [0.29, 0.717) is 23.2 Å². The number of carbonyl (C=O) groups is 1. The second-order valence-corrected chi connectivity index (χ2v) is 8.95. The summed E-state index contributed by atoms with van der Waals surface area (Å²) in [6.07, 6.45) is 7.38. The summed E-state index contributed by atoms with van der Waals surface area (Å²) in [6.45, 7) is 1.01. The van der Waals surface area contributed by atoms with Gasteiger partial charge in [-0.1, -0.05) is 49.6 Å². The van der Waals surface area contributed by atoms with Crippen molar-refractivity contribution in [1.82, 2.24) is 24.9 Å². The Bertz CT molecular complexity index is 1140. The van der Waals surface area contributed by atoms with E-state index in [9.17, 15) is 9.59 Å². The van der Waals surface area contributed by atoms with E-state index in [1.54, 1.807) is 0 Å². The minimum absolute atomic E-state index is 0.107. The summed E-state index contributed by atoms with van der Waals surface area (Å²) in [4.78, 5) is 33.0. The first-order valence-corrected chi connectivity index (χ1v) is 11.6. The van der Waals surface area contributed by atoms with E-state index in [-0.39, 0.29) is 30.1 Å². The predicted octanol–water partition coefficient (Wildman–Crippen LogP) is 3.08. The quantitative estimate of drug-likeness (QED) is 0.594. The molecule has 3 aromatic rings. The SMILES string of the molecule is O=C(NCC1CCC1)C1CCCCC1OCc1cc(=O)n2nc(-c3ccccc3)nc2[nH]1. The molecular weight excluding hydrogens is 406 g/mol. The Hall–Kier alpha value is -3.00. The van der Waals surface area contributed by atoms with Gasteiger partial charge in [0, 0.05) is 23.9 Å². The van der Waals surface area contributed by atoms with Crippen molar-refractivity contribution in [3.05, 3.63) is 52.4 Å². The minimum Gasteiger partial charge on any atom is -0.371 e. The summed E-state index contributed by atoms with van der Waals surface area (Å²) in [7, 11) is 0. The van der Waals surface area contributed by atoms with Gasteiger partial charge in [0.15, 0.2) is 5.82 Å². The topological polar surface area (TPSA) is 101 Å². The van der Waals surface area contributed by atoms with Gasteiger partial charge in [0.1, 0.15) is 0 Å². The molecule has 2 atom stereocenters. The summed E-state index contributed by atoms with van der Waals surface area (Å²) in [6, 6.07) is 11.0. The van der Waals surface area contributed by atoms with Gasteiger partial charge in [-0.05, 0) is 31.6 Å². The highest BCUT2D eigenvalue weighted by molar-refractivity contribution is 5.79. The second kappa shape index (κ2) is 9.24. The fraction of sp³-hybridized carbons (Fsp3) is 0.500. The van der Waals surface area contributed by atoms with Crippen LogP contribution in [0.25, 0.3) is 17.2 Å². The Morgan fingerprint density at radius 1 is 1.12 bits per heavy atom. The Balaban J connectivity index is 1.27. The van der Waals surface area contributed by atoms with Crippen molar-refractivity contribution in [1.29, 1.82) is 0 Å². The van der Waals surface area contributed by atoms with Crippen LogP contribution in [-0.2, 0) is 16.1 Å². The molecule has 2 fully saturated rings. The van der Waals surface area contributed by atoms with Crippen molar-refractivity contribution in [3.8, 4) is 11.4 Å². The van der Waals surface area contributed by atoms with Crippen LogP contribution >= 0.6 is 0 Å². The van der Waals surface area contributed by atoms with Crippen LogP contribution in [0.2, 0.25) is 0 Å². The Morgan fingerprint density at radius 2 is 1.94 bits per heavy atom. The average molecular weight is 436 g/mol. The number of rotatable bonds is 7. The van der Waals surface area contributed by atoms with Crippen LogP contribution in [0.1, 0.15) is 50.6 Å². The van der Waals surface area contributed by atoms with Gasteiger partial charge in [-0.3, -0.25) is 9.59 Å². The summed E-state index contributed by atoms with van der Waals surface area (Å²) in [5.41, 5.74) is 1.22. The lowest BCUT2D eigenvalue weighted by Gasteiger charge is -2.32. The molecule has 2 aliphatic rings. The highest BCUT2D eigenvalue weighted by atomic mass is 16.5. The number of fused-ring (bicyclic) bond motifs is 1. The third-order valence-electron chi connectivity index (χ3n) is 6.70. The van der Waals surface area contributed by atoms with E-state index in [0.717, 1.165) is 37.8 Å². The van der Waals surface area contributed by atoms with E-state index < -0.39 is 0 Å². The van der Waals surface area contributed by atoms with Crippen molar-refractivity contribution >= 4 is 11.7 Å². The molecule has 32 heavy (non-hydrogen) atoms. The lowest BCUT2D eigenvalue weighted by atomic mass is 9.84. The summed E-state index contributed by atoms with van der Waals surface area (Å²) in [5.74, 6) is 1.50. The molecule has 2 heterocycles. The number of hydrogen-bond acceptors (Lipinski definition) is 5. The van der Waals surface area contributed by atoms with Gasteiger partial charge in [-0.25, -0.2) is 0 Å². The van der Waals surface area contributed by atoms with Gasteiger partial charge >= 0.3 is 0 Å². The van der Waals surface area contributed by atoms with Crippen LogP contribution in [0.15, 0.2) is 41.2 Å². The van der Waals surface area contributed by atoms with Gasteiger partial charge in [-0.2, -0.15) is 9.50 Å². The summed E-state index contributed by atoms with van der Waals surface area (Å²) < 4.78 is 7.42. The molecule has 0 spiro atoms. The maximum absolute atomic E-state index is 12.8. The number of aromatic nitrogens is 4. The summed E-state index contributed by atoms with van der Waals surface area (Å²) in [5, 5.41) is 7.46. The minimum atomic E-state index is -0.259. The van der Waals surface area contributed by atoms with Gasteiger partial charge in [0.2, 0.25) is 11.7 Å². The molecule has 0 bridgehead atoms. The molecule has 8 nitrogen and oxygen atoms in total. The molecule has 1 aromatic carbocycles. The maximum Gasteiger partial charge on any atom is 0.275 e. The number of benzene rings is 1. The number of H-pyrrole nitrogens is 1. The van der Waals surface area contributed by atoms with Crippen molar-refractivity contribution in [2.75, 3.05) is 6.54 Å². The standard InChI is InChI=1S/C24H29N5O3/c30-21-13-18(26-24-27-22(28-29(21)24)17-9-2-1-3-10-17)15-32-20-12-5-4-11-19(20)23(31)25-14-16-7-6-8-16/h1-3,9-10,13,16,19-20H,4-8,11-12,14-15H2,(H,25,31)(H,26,27,28). The lowest BCUT2D eigenvalue weighted by molar-refractivity contribution is -0.133. The molecule has 0 radical (unpaired) electrons. The van der Waals surface area contributed by atoms with Gasteiger partial charge < -0.3 is 15.0 Å². The number of nitrogens with one attached hydrogen (secondary N) is 2. The molecule has 168 valence electrons. The zero-order chi connectivity index (χ0) is 21.9. The second-order valence-electron chi connectivity index (χ2n) is 8.95. The first kappa shape index (κ1) is 20.9. The van der Waals surface area contributed by atoms with E-state index in [1.165, 1.54) is 29.8 Å². The summed E-state index contributed by atoms with van der Waals surface area (Å²) >= 11 is 0. The largest absolute Gasteiger partial charge is 0.371 e. The zero-order valence-electron chi connectivity index (χ0n) is 18.1. The average Bonchev–Trinajstić information content (AvgIpc) is 3.22. The van der Waals surface area contributed by atoms with Crippen molar-refractivity contribution in [2.45, 2.75) is 57.7 Å². The monoisotopic (exact) mass is 435 g/mol. The molecule has 0 saturated heterocycles. The van der Waals surface area contributed by atoms with Crippen molar-refractivity contribution in [3.63, 3.8) is 0 Å². The first-order chi connectivity index (χ1) is 15.7. The van der Waals surface area contributed by atoms with Gasteiger partial charge in [-0.15, -0.1) is 5.10 Å². The highest BCUT2D eigenvalue weighted by Crippen LogP contribution is 2.29. The number of aromatic amines is 1. The number of nitrogens with zero attached hydrogens (tertiary/aromatic N) is 3. The molecule has 8 heteroatoms. The van der Waals surface area contributed by atoms with Crippen molar-refractivity contribution < 1.29 is 9.53 Å². The van der Waals surface area contributed by atoms with Gasteiger partial charge in [0.05, 0.1) is 18.6 Å². The fourth-order valence-electron chi connectivity index (χ4n) is 4.59. The first-order valence-electron chi connectivity index (χ1n) is 11.6. The van der Waals surface area contributed by atoms with Gasteiger partial charge in [0.25, 0.3) is 5.56 Å². The van der Waals surface area contributed by atoms with Crippen LogP contribution < -0.4 is 10.9 Å².